The van der Waals surface area contributed by atoms with Gasteiger partial charge in [-0.05, 0) is 89.9 Å². The van der Waals surface area contributed by atoms with Gasteiger partial charge in [0.25, 0.3) is 7.82 Å². The van der Waals surface area contributed by atoms with Crippen LogP contribution in [-0.2, 0) is 27.9 Å². The van der Waals surface area contributed by atoms with Crippen molar-refractivity contribution in [1.82, 2.24) is 0 Å². The normalized spacial score (nSPS) is 14.2. The molecule has 0 heterocycles. The number of allylic oxidation sites excluding steroid dienone is 14. The minimum atomic E-state index is -4.54. The maximum Gasteiger partial charge on any atom is 0.306 e. The number of phosphoric acid groups is 1. The minimum Gasteiger partial charge on any atom is -0.756 e. The van der Waals surface area contributed by atoms with Crippen molar-refractivity contribution in [3.8, 4) is 0 Å². The number of esters is 1. The molecule has 9 heteroatoms. The second-order valence-electron chi connectivity index (χ2n) is 19.2. The molecule has 0 rings (SSSR count). The van der Waals surface area contributed by atoms with E-state index in [1.165, 1.54) is 116 Å². The lowest BCUT2D eigenvalue weighted by atomic mass is 10.0. The van der Waals surface area contributed by atoms with Crippen LogP contribution in [0.25, 0.3) is 0 Å². The highest BCUT2D eigenvalue weighted by atomic mass is 31.2. The molecule has 0 saturated carbocycles. The van der Waals surface area contributed by atoms with E-state index in [4.69, 9.17) is 18.5 Å². The summed E-state index contributed by atoms with van der Waals surface area (Å²) in [4.78, 5) is 25.2. The Labute approximate surface area is 414 Å². The topological polar surface area (TPSA) is 94.1 Å². The van der Waals surface area contributed by atoms with E-state index >= 15 is 0 Å². The van der Waals surface area contributed by atoms with Crippen molar-refractivity contribution in [2.75, 3.05) is 54.1 Å². The molecule has 0 bridgehead atoms. The van der Waals surface area contributed by atoms with Crippen molar-refractivity contribution in [2.24, 2.45) is 0 Å². The molecule has 2 unspecified atom stereocenters. The van der Waals surface area contributed by atoms with Crippen LogP contribution >= 0.6 is 7.82 Å². The summed E-state index contributed by atoms with van der Waals surface area (Å²) in [6, 6.07) is 0. The van der Waals surface area contributed by atoms with Gasteiger partial charge in [0.2, 0.25) is 0 Å². The predicted octanol–water partition coefficient (Wildman–Crippen LogP) is 16.5. The van der Waals surface area contributed by atoms with Crippen LogP contribution in [-0.4, -0.2) is 70.7 Å². The molecule has 0 saturated heterocycles. The molecule has 0 aromatic rings. The number of phosphoric ester groups is 1. The third-order valence-corrected chi connectivity index (χ3v) is 12.4. The Morgan fingerprint density at radius 3 is 1.30 bits per heavy atom. The molecule has 67 heavy (non-hydrogen) atoms. The second-order valence-corrected chi connectivity index (χ2v) is 20.6. The number of carbonyl (C=O) groups excluding carboxylic acids is 1. The van der Waals surface area contributed by atoms with Crippen molar-refractivity contribution < 1.29 is 37.3 Å². The van der Waals surface area contributed by atoms with E-state index in [2.05, 4.69) is 98.9 Å². The molecule has 0 aliphatic rings. The summed E-state index contributed by atoms with van der Waals surface area (Å²) < 4.78 is 34.8. The minimum absolute atomic E-state index is 0.0196. The van der Waals surface area contributed by atoms with E-state index in [1.807, 2.05) is 21.1 Å². The van der Waals surface area contributed by atoms with Crippen molar-refractivity contribution in [2.45, 2.75) is 225 Å². The number of quaternary nitrogens is 1. The van der Waals surface area contributed by atoms with Crippen LogP contribution in [0.15, 0.2) is 85.1 Å². The fraction of sp³-hybridized carbons (Fsp3) is 0.741. The molecular weight excluding hydrogens is 854 g/mol. The van der Waals surface area contributed by atoms with Gasteiger partial charge >= 0.3 is 5.97 Å². The van der Waals surface area contributed by atoms with E-state index in [0.717, 1.165) is 83.5 Å². The lowest BCUT2D eigenvalue weighted by molar-refractivity contribution is -0.870. The first kappa shape index (κ1) is 64.7. The summed E-state index contributed by atoms with van der Waals surface area (Å²) in [5.74, 6) is -0.348. The largest absolute Gasteiger partial charge is 0.756 e. The van der Waals surface area contributed by atoms with E-state index in [0.29, 0.717) is 24.1 Å². The van der Waals surface area contributed by atoms with Crippen LogP contribution in [0.4, 0.5) is 0 Å². The molecule has 0 radical (unpaired) electrons. The molecule has 388 valence electrons. The van der Waals surface area contributed by atoms with Crippen LogP contribution in [0.2, 0.25) is 0 Å². The van der Waals surface area contributed by atoms with Gasteiger partial charge < -0.3 is 27.9 Å². The molecule has 0 aliphatic heterocycles. The molecule has 0 aromatic carbocycles. The summed E-state index contributed by atoms with van der Waals surface area (Å²) in [5.41, 5.74) is 0. The highest BCUT2D eigenvalue weighted by Crippen LogP contribution is 2.38. The number of nitrogens with zero attached hydrogens (tertiary/aromatic N) is 1. The number of ether oxygens (including phenoxy) is 2. The molecule has 0 aliphatic carbocycles. The van der Waals surface area contributed by atoms with Gasteiger partial charge in [-0.2, -0.15) is 0 Å². The van der Waals surface area contributed by atoms with Gasteiger partial charge in [-0.15, -0.1) is 0 Å². The van der Waals surface area contributed by atoms with Crippen LogP contribution in [0.3, 0.4) is 0 Å². The molecule has 8 nitrogen and oxygen atoms in total. The van der Waals surface area contributed by atoms with Crippen molar-refractivity contribution in [1.29, 1.82) is 0 Å². The Kier molecular flexibility index (Phi) is 48.3. The smallest absolute Gasteiger partial charge is 0.306 e. The third kappa shape index (κ3) is 54.5. The van der Waals surface area contributed by atoms with Gasteiger partial charge in [0, 0.05) is 13.0 Å². The zero-order chi connectivity index (χ0) is 49.0. The summed E-state index contributed by atoms with van der Waals surface area (Å²) in [6.07, 6.45) is 67.5. The fourth-order valence-corrected chi connectivity index (χ4v) is 7.98. The number of unbranched alkanes of at least 4 members (excludes halogenated alkanes) is 22. The predicted molar refractivity (Wildman–Crippen MR) is 286 cm³/mol. The van der Waals surface area contributed by atoms with E-state index < -0.39 is 13.9 Å². The van der Waals surface area contributed by atoms with E-state index in [-0.39, 0.29) is 25.8 Å². The monoisotopic (exact) mass is 958 g/mol. The van der Waals surface area contributed by atoms with Gasteiger partial charge in [0.15, 0.2) is 0 Å². The molecule has 0 amide bonds. The standard InChI is InChI=1S/C58H104NO7P/c1-6-8-10-12-14-16-18-20-22-24-26-27-28-29-30-31-32-34-36-38-40-42-44-46-48-50-53-63-55-57(56-65-67(61,62)64-54-52-59(3,4)5)66-58(60)51-49-47-45-43-41-39-37-35-33-25-23-21-19-17-15-13-11-9-7-2/h8,10,14-17,20-23,26-27,33,35,57H,6-7,9,11-13,18-19,24-25,28-32,34,36-56H2,1-5H3/b10-8-,16-14-,17-15-,22-20-,23-21-,27-26-,35-33-. The fourth-order valence-electron chi connectivity index (χ4n) is 7.25. The lowest BCUT2D eigenvalue weighted by Gasteiger charge is -2.28. The number of rotatable bonds is 50. The first-order valence-electron chi connectivity index (χ1n) is 27.3. The highest BCUT2D eigenvalue weighted by Gasteiger charge is 2.20. The molecular formula is C58H104NO7P. The Morgan fingerprint density at radius 1 is 0.478 bits per heavy atom. The maximum atomic E-state index is 12.8. The van der Waals surface area contributed by atoms with E-state index in [9.17, 15) is 14.3 Å². The van der Waals surface area contributed by atoms with Gasteiger partial charge in [0.05, 0.1) is 34.4 Å². The van der Waals surface area contributed by atoms with Crippen molar-refractivity contribution in [3.05, 3.63) is 85.1 Å². The summed E-state index contributed by atoms with van der Waals surface area (Å²) in [5, 5.41) is 0. The Balaban J connectivity index is 4.12. The molecule has 0 N–H and O–H groups in total. The van der Waals surface area contributed by atoms with Crippen LogP contribution in [0.1, 0.15) is 219 Å². The number of likely N-dealkylation sites (N-methyl/N-ethyl adjacent to an activating group) is 1. The molecule has 2 atom stereocenters. The first-order valence-corrected chi connectivity index (χ1v) is 28.8. The Morgan fingerprint density at radius 2 is 0.866 bits per heavy atom. The average Bonchev–Trinajstić information content (AvgIpc) is 3.29. The molecule has 0 fully saturated rings. The summed E-state index contributed by atoms with van der Waals surface area (Å²) in [6.45, 7) is 5.26. The summed E-state index contributed by atoms with van der Waals surface area (Å²) >= 11 is 0. The van der Waals surface area contributed by atoms with Gasteiger partial charge in [-0.25, -0.2) is 0 Å². The zero-order valence-corrected chi connectivity index (χ0v) is 45.0. The molecule has 0 spiro atoms. The molecule has 0 aromatic heterocycles. The van der Waals surface area contributed by atoms with Crippen LogP contribution < -0.4 is 4.89 Å². The van der Waals surface area contributed by atoms with Gasteiger partial charge in [0.1, 0.15) is 19.3 Å². The van der Waals surface area contributed by atoms with Crippen molar-refractivity contribution in [3.63, 3.8) is 0 Å². The first-order chi connectivity index (χ1) is 32.6. The number of hydrogen-bond acceptors (Lipinski definition) is 7. The van der Waals surface area contributed by atoms with Gasteiger partial charge in [-0.3, -0.25) is 9.36 Å². The quantitative estimate of drug-likeness (QED) is 0.0197. The van der Waals surface area contributed by atoms with Crippen LogP contribution in [0.5, 0.6) is 0 Å². The Hall–Kier alpha value is -2.32. The number of hydrogen-bond donors (Lipinski definition) is 0. The number of carbonyl (C=O) groups is 1. The SMILES string of the molecule is CC/C=C\C/C=C\C/C=C\C/C=C\CCCCCCCCCCCCCCCOCC(COP(=O)([O-])OCC[N+](C)(C)C)OC(=O)CCCCCCCC/C=C\C/C=C\C/C=C\CCCCC. The third-order valence-electron chi connectivity index (χ3n) is 11.4. The lowest BCUT2D eigenvalue weighted by Crippen LogP contribution is -2.37. The summed E-state index contributed by atoms with van der Waals surface area (Å²) in [7, 11) is 1.34. The van der Waals surface area contributed by atoms with Crippen LogP contribution in [0, 0.1) is 0 Å². The Bertz CT molecular complexity index is 1340. The second kappa shape index (κ2) is 50.1. The average molecular weight is 958 g/mol. The van der Waals surface area contributed by atoms with Gasteiger partial charge in [-0.1, -0.05) is 208 Å². The van der Waals surface area contributed by atoms with E-state index in [1.54, 1.807) is 0 Å². The van der Waals surface area contributed by atoms with Crippen molar-refractivity contribution >= 4 is 13.8 Å². The zero-order valence-electron chi connectivity index (χ0n) is 44.1. The highest BCUT2D eigenvalue weighted by molar-refractivity contribution is 7.45. The maximum absolute atomic E-state index is 12.8.